The van der Waals surface area contributed by atoms with Gasteiger partial charge in [0.25, 0.3) is 0 Å². The summed E-state index contributed by atoms with van der Waals surface area (Å²) in [5, 5.41) is 1.19. The Kier molecular flexibility index (Phi) is 2.37. The number of aromatic nitrogens is 1. The van der Waals surface area contributed by atoms with E-state index >= 15 is 0 Å². The average molecular weight is 213 g/mol. The molecular weight excluding hydrogens is 198 g/mol. The summed E-state index contributed by atoms with van der Waals surface area (Å²) in [6.07, 6.45) is 2.96. The van der Waals surface area contributed by atoms with Crippen molar-refractivity contribution in [2.24, 2.45) is 0 Å². The smallest absolute Gasteiger partial charge is 0.126 e. The molecule has 2 nitrogen and oxygen atoms in total. The lowest BCUT2D eigenvalue weighted by Crippen LogP contribution is -1.92. The van der Waals surface area contributed by atoms with Crippen molar-refractivity contribution in [2.45, 2.75) is 32.0 Å². The molecule has 2 heterocycles. The SMILES string of the molecule is CCCC1OC1c1ccc2ccccc2n1. The molecule has 2 heteroatoms. The van der Waals surface area contributed by atoms with E-state index in [0.29, 0.717) is 6.10 Å². The highest BCUT2D eigenvalue weighted by atomic mass is 16.6. The van der Waals surface area contributed by atoms with E-state index in [0.717, 1.165) is 17.6 Å². The van der Waals surface area contributed by atoms with Crippen LogP contribution in [0.5, 0.6) is 0 Å². The first-order valence-electron chi connectivity index (χ1n) is 5.89. The lowest BCUT2D eigenvalue weighted by atomic mass is 10.1. The molecule has 3 rings (SSSR count). The van der Waals surface area contributed by atoms with Gasteiger partial charge in [0.15, 0.2) is 0 Å². The Labute approximate surface area is 95.3 Å². The van der Waals surface area contributed by atoms with Crippen LogP contribution >= 0.6 is 0 Å². The molecule has 1 saturated heterocycles. The largest absolute Gasteiger partial charge is 0.363 e. The predicted molar refractivity (Wildman–Crippen MR) is 64.3 cm³/mol. The summed E-state index contributed by atoms with van der Waals surface area (Å²) in [7, 11) is 0. The van der Waals surface area contributed by atoms with E-state index in [9.17, 15) is 0 Å². The molecule has 2 unspecified atom stereocenters. The van der Waals surface area contributed by atoms with Crippen LogP contribution in [-0.4, -0.2) is 11.1 Å². The van der Waals surface area contributed by atoms with Crippen molar-refractivity contribution < 1.29 is 4.74 Å². The maximum atomic E-state index is 5.63. The molecule has 0 saturated carbocycles. The Bertz CT molecular complexity index is 509. The summed E-state index contributed by atoms with van der Waals surface area (Å²) >= 11 is 0. The van der Waals surface area contributed by atoms with Crippen LogP contribution in [0.4, 0.5) is 0 Å². The molecule has 16 heavy (non-hydrogen) atoms. The quantitative estimate of drug-likeness (QED) is 0.729. The third-order valence-corrected chi connectivity index (χ3v) is 3.07. The Morgan fingerprint density at radius 2 is 2.06 bits per heavy atom. The molecule has 0 amide bonds. The second-order valence-electron chi connectivity index (χ2n) is 4.31. The number of nitrogens with zero attached hydrogens (tertiary/aromatic N) is 1. The van der Waals surface area contributed by atoms with Crippen molar-refractivity contribution in [1.29, 1.82) is 0 Å². The predicted octanol–water partition coefficient (Wildman–Crippen LogP) is 3.47. The van der Waals surface area contributed by atoms with Crippen molar-refractivity contribution in [2.75, 3.05) is 0 Å². The van der Waals surface area contributed by atoms with E-state index < -0.39 is 0 Å². The van der Waals surface area contributed by atoms with Gasteiger partial charge in [-0.1, -0.05) is 37.6 Å². The first-order chi connectivity index (χ1) is 7.88. The number of pyridine rings is 1. The van der Waals surface area contributed by atoms with Crippen LogP contribution in [0.25, 0.3) is 10.9 Å². The van der Waals surface area contributed by atoms with Gasteiger partial charge < -0.3 is 4.74 Å². The van der Waals surface area contributed by atoms with Crippen LogP contribution in [-0.2, 0) is 4.74 Å². The van der Waals surface area contributed by atoms with Gasteiger partial charge in [-0.05, 0) is 18.6 Å². The van der Waals surface area contributed by atoms with E-state index in [1.165, 1.54) is 11.8 Å². The highest BCUT2D eigenvalue weighted by molar-refractivity contribution is 5.78. The fraction of sp³-hybridized carbons (Fsp3) is 0.357. The molecule has 0 N–H and O–H groups in total. The molecule has 0 spiro atoms. The third-order valence-electron chi connectivity index (χ3n) is 3.07. The number of rotatable bonds is 3. The van der Waals surface area contributed by atoms with Gasteiger partial charge in [-0.15, -0.1) is 0 Å². The zero-order chi connectivity index (χ0) is 11.0. The lowest BCUT2D eigenvalue weighted by Gasteiger charge is -1.99. The van der Waals surface area contributed by atoms with E-state index in [4.69, 9.17) is 4.74 Å². The maximum absolute atomic E-state index is 5.63. The van der Waals surface area contributed by atoms with Gasteiger partial charge in [0, 0.05) is 5.39 Å². The Morgan fingerprint density at radius 3 is 2.94 bits per heavy atom. The summed E-state index contributed by atoms with van der Waals surface area (Å²) in [6.45, 7) is 2.19. The fourth-order valence-corrected chi connectivity index (χ4v) is 2.15. The van der Waals surface area contributed by atoms with Gasteiger partial charge in [0.1, 0.15) is 6.10 Å². The van der Waals surface area contributed by atoms with Gasteiger partial charge in [-0.25, -0.2) is 4.98 Å². The van der Waals surface area contributed by atoms with E-state index in [-0.39, 0.29) is 6.10 Å². The molecule has 2 aromatic rings. The Balaban J connectivity index is 1.89. The topological polar surface area (TPSA) is 25.4 Å². The van der Waals surface area contributed by atoms with Crippen LogP contribution < -0.4 is 0 Å². The van der Waals surface area contributed by atoms with Crippen molar-refractivity contribution in [1.82, 2.24) is 4.98 Å². The summed E-state index contributed by atoms with van der Waals surface area (Å²) in [5.41, 5.74) is 2.14. The first-order valence-corrected chi connectivity index (χ1v) is 5.89. The van der Waals surface area contributed by atoms with Gasteiger partial charge in [0.2, 0.25) is 0 Å². The fourth-order valence-electron chi connectivity index (χ4n) is 2.15. The zero-order valence-electron chi connectivity index (χ0n) is 9.39. The van der Waals surface area contributed by atoms with Crippen molar-refractivity contribution in [3.05, 3.63) is 42.1 Å². The highest BCUT2D eigenvalue weighted by Crippen LogP contribution is 2.40. The molecular formula is C14H15NO. The summed E-state index contributed by atoms with van der Waals surface area (Å²) in [4.78, 5) is 4.64. The minimum atomic E-state index is 0.240. The van der Waals surface area contributed by atoms with Crippen molar-refractivity contribution in [3.8, 4) is 0 Å². The number of para-hydroxylation sites is 1. The van der Waals surface area contributed by atoms with Crippen LogP contribution in [0.2, 0.25) is 0 Å². The molecule has 1 aliphatic rings. The van der Waals surface area contributed by atoms with E-state index in [1.54, 1.807) is 0 Å². The molecule has 82 valence electrons. The molecule has 1 fully saturated rings. The number of hydrogen-bond acceptors (Lipinski definition) is 2. The molecule has 0 aliphatic carbocycles. The molecule has 1 aliphatic heterocycles. The Hall–Kier alpha value is -1.41. The highest BCUT2D eigenvalue weighted by Gasteiger charge is 2.40. The van der Waals surface area contributed by atoms with Crippen molar-refractivity contribution in [3.63, 3.8) is 0 Å². The molecule has 1 aromatic carbocycles. The van der Waals surface area contributed by atoms with Crippen LogP contribution in [0.15, 0.2) is 36.4 Å². The molecule has 0 radical (unpaired) electrons. The van der Waals surface area contributed by atoms with Crippen LogP contribution in [0.3, 0.4) is 0 Å². The third kappa shape index (κ3) is 1.69. The number of fused-ring (bicyclic) bond motifs is 1. The minimum Gasteiger partial charge on any atom is -0.363 e. The molecule has 2 atom stereocenters. The summed E-state index contributed by atoms with van der Waals surface area (Å²) in [5.74, 6) is 0. The second-order valence-corrected chi connectivity index (χ2v) is 4.31. The summed E-state index contributed by atoms with van der Waals surface area (Å²) in [6, 6.07) is 12.4. The zero-order valence-corrected chi connectivity index (χ0v) is 9.39. The normalized spacial score (nSPS) is 23.6. The monoisotopic (exact) mass is 213 g/mol. The van der Waals surface area contributed by atoms with Crippen LogP contribution in [0.1, 0.15) is 31.6 Å². The van der Waals surface area contributed by atoms with E-state index in [1.807, 2.05) is 12.1 Å². The Morgan fingerprint density at radius 1 is 1.19 bits per heavy atom. The summed E-state index contributed by atoms with van der Waals surface area (Å²) < 4.78 is 5.63. The minimum absolute atomic E-state index is 0.240. The van der Waals surface area contributed by atoms with Gasteiger partial charge >= 0.3 is 0 Å². The second kappa shape index (κ2) is 3.87. The first kappa shape index (κ1) is 9.79. The molecule has 0 bridgehead atoms. The van der Waals surface area contributed by atoms with Gasteiger partial charge in [-0.3, -0.25) is 0 Å². The van der Waals surface area contributed by atoms with Crippen molar-refractivity contribution >= 4 is 10.9 Å². The van der Waals surface area contributed by atoms with E-state index in [2.05, 4.69) is 36.2 Å². The number of hydrogen-bond donors (Lipinski definition) is 0. The maximum Gasteiger partial charge on any atom is 0.126 e. The molecule has 1 aromatic heterocycles. The standard InChI is InChI=1S/C14H15NO/c1-2-5-13-14(16-13)12-9-8-10-6-3-4-7-11(10)15-12/h3-4,6-9,13-14H,2,5H2,1H3. The van der Waals surface area contributed by atoms with Gasteiger partial charge in [0.05, 0.1) is 17.3 Å². The number of ether oxygens (including phenoxy) is 1. The number of benzene rings is 1. The lowest BCUT2D eigenvalue weighted by molar-refractivity contribution is 0.363. The number of epoxide rings is 1. The van der Waals surface area contributed by atoms with Gasteiger partial charge in [-0.2, -0.15) is 0 Å². The average Bonchev–Trinajstić information content (AvgIpc) is 3.08. The van der Waals surface area contributed by atoms with Crippen LogP contribution in [0, 0.1) is 0 Å².